The molecule has 0 radical (unpaired) electrons. The summed E-state index contributed by atoms with van der Waals surface area (Å²) < 4.78 is 0. The maximum Gasteiger partial charge on any atom is 0.184 e. The molecule has 0 atom stereocenters. The van der Waals surface area contributed by atoms with Gasteiger partial charge in [-0.2, -0.15) is 5.48 Å². The van der Waals surface area contributed by atoms with Crippen molar-refractivity contribution in [1.29, 1.82) is 0 Å². The number of halogens is 4. The quantitative estimate of drug-likeness (QED) is 0.844. The van der Waals surface area contributed by atoms with Crippen LogP contribution in [0.5, 0.6) is 5.75 Å². The molecule has 0 saturated carbocycles. The Labute approximate surface area is 104 Å². The van der Waals surface area contributed by atoms with Gasteiger partial charge in [-0.15, -0.1) is 12.4 Å². The minimum atomic E-state index is 0. The highest BCUT2D eigenvalue weighted by atomic mass is 35.5. The average Bonchev–Trinajstić information content (AvgIpc) is 2.02. The lowest BCUT2D eigenvalue weighted by atomic mass is 10.3. The van der Waals surface area contributed by atoms with Gasteiger partial charge < -0.3 is 4.84 Å². The molecular weight excluding hydrogens is 268 g/mol. The number of nitrogens with one attached hydrogen (secondary N) is 1. The van der Waals surface area contributed by atoms with Crippen molar-refractivity contribution < 1.29 is 4.84 Å². The zero-order valence-electron chi connectivity index (χ0n) is 7.31. The van der Waals surface area contributed by atoms with E-state index in [1.54, 1.807) is 12.1 Å². The van der Waals surface area contributed by atoms with E-state index in [4.69, 9.17) is 39.6 Å². The second kappa shape index (κ2) is 6.59. The molecule has 0 unspecified atom stereocenters. The SMILES string of the molecule is CCNOc1c(Cl)cc(Cl)cc1Cl.Cl. The van der Waals surface area contributed by atoms with Crippen molar-refractivity contribution in [3.05, 3.63) is 27.2 Å². The molecule has 14 heavy (non-hydrogen) atoms. The second-order valence-corrected chi connectivity index (χ2v) is 3.55. The first kappa shape index (κ1) is 14.1. The number of hydrogen-bond acceptors (Lipinski definition) is 2. The Hall–Kier alpha value is 0.140. The second-order valence-electron chi connectivity index (χ2n) is 2.30. The summed E-state index contributed by atoms with van der Waals surface area (Å²) in [7, 11) is 0. The van der Waals surface area contributed by atoms with Crippen LogP contribution in [0.1, 0.15) is 6.92 Å². The predicted octanol–water partition coefficient (Wildman–Crippen LogP) is 3.97. The van der Waals surface area contributed by atoms with Crippen LogP contribution in [-0.2, 0) is 0 Å². The third-order valence-corrected chi connectivity index (χ3v) is 2.06. The maximum atomic E-state index is 5.84. The van der Waals surface area contributed by atoms with E-state index in [0.29, 0.717) is 27.4 Å². The Morgan fingerprint density at radius 1 is 1.21 bits per heavy atom. The summed E-state index contributed by atoms with van der Waals surface area (Å²) in [6.45, 7) is 2.56. The molecule has 0 heterocycles. The Balaban J connectivity index is 0.00000169. The molecule has 1 aromatic rings. The highest BCUT2D eigenvalue weighted by Gasteiger charge is 2.08. The fourth-order valence-corrected chi connectivity index (χ4v) is 1.66. The van der Waals surface area contributed by atoms with Crippen LogP contribution in [0.25, 0.3) is 0 Å². The van der Waals surface area contributed by atoms with Crippen LogP contribution < -0.4 is 10.3 Å². The number of hydrogen-bond donors (Lipinski definition) is 1. The zero-order chi connectivity index (χ0) is 9.84. The standard InChI is InChI=1S/C8H8Cl3NO.ClH/c1-2-12-13-8-6(10)3-5(9)4-7(8)11;/h3-4,12H,2H2,1H3;1H. The van der Waals surface area contributed by atoms with Crippen molar-refractivity contribution >= 4 is 47.2 Å². The summed E-state index contributed by atoms with van der Waals surface area (Å²) in [6, 6.07) is 3.14. The van der Waals surface area contributed by atoms with Crippen molar-refractivity contribution in [2.75, 3.05) is 6.54 Å². The van der Waals surface area contributed by atoms with E-state index in [1.807, 2.05) is 6.92 Å². The first-order valence-electron chi connectivity index (χ1n) is 3.69. The van der Waals surface area contributed by atoms with Gasteiger partial charge >= 0.3 is 0 Å². The lowest BCUT2D eigenvalue weighted by Crippen LogP contribution is -2.17. The van der Waals surface area contributed by atoms with Gasteiger partial charge in [0.2, 0.25) is 0 Å². The molecule has 2 nitrogen and oxygen atoms in total. The van der Waals surface area contributed by atoms with Crippen LogP contribution in [0, 0.1) is 0 Å². The Bertz CT molecular complexity index is 282. The maximum absolute atomic E-state index is 5.84. The van der Waals surface area contributed by atoms with Crippen molar-refractivity contribution in [3.63, 3.8) is 0 Å². The van der Waals surface area contributed by atoms with Crippen LogP contribution in [0.2, 0.25) is 15.1 Å². The van der Waals surface area contributed by atoms with Gasteiger partial charge in [-0.25, -0.2) is 0 Å². The molecule has 0 aliphatic carbocycles. The van der Waals surface area contributed by atoms with E-state index in [9.17, 15) is 0 Å². The Morgan fingerprint density at radius 2 is 1.71 bits per heavy atom. The highest BCUT2D eigenvalue weighted by Crippen LogP contribution is 2.35. The molecule has 80 valence electrons. The summed E-state index contributed by atoms with van der Waals surface area (Å²) >= 11 is 17.4. The highest BCUT2D eigenvalue weighted by molar-refractivity contribution is 6.40. The molecule has 0 spiro atoms. The van der Waals surface area contributed by atoms with Crippen molar-refractivity contribution in [3.8, 4) is 5.75 Å². The molecule has 1 N–H and O–H groups in total. The summed E-state index contributed by atoms with van der Waals surface area (Å²) in [5.41, 5.74) is 2.65. The Kier molecular flexibility index (Phi) is 6.66. The minimum Gasteiger partial charge on any atom is -0.406 e. The van der Waals surface area contributed by atoms with Gasteiger partial charge in [0.15, 0.2) is 5.75 Å². The van der Waals surface area contributed by atoms with E-state index >= 15 is 0 Å². The molecule has 0 aliphatic heterocycles. The number of hydroxylamine groups is 1. The first-order chi connectivity index (χ1) is 6.15. The first-order valence-corrected chi connectivity index (χ1v) is 4.82. The molecule has 0 fully saturated rings. The number of benzene rings is 1. The van der Waals surface area contributed by atoms with E-state index in [2.05, 4.69) is 5.48 Å². The molecule has 0 bridgehead atoms. The van der Waals surface area contributed by atoms with Gasteiger partial charge in [0.1, 0.15) is 0 Å². The van der Waals surface area contributed by atoms with Crippen molar-refractivity contribution in [1.82, 2.24) is 5.48 Å². The monoisotopic (exact) mass is 275 g/mol. The van der Waals surface area contributed by atoms with Crippen LogP contribution in [0.4, 0.5) is 0 Å². The minimum absolute atomic E-state index is 0. The van der Waals surface area contributed by atoms with Gasteiger partial charge in [-0.05, 0) is 19.1 Å². The molecule has 0 aliphatic rings. The van der Waals surface area contributed by atoms with Crippen LogP contribution >= 0.6 is 47.2 Å². The van der Waals surface area contributed by atoms with Crippen LogP contribution in [0.3, 0.4) is 0 Å². The molecule has 6 heteroatoms. The number of rotatable bonds is 3. The normalized spacial score (nSPS) is 9.43. The summed E-state index contributed by atoms with van der Waals surface area (Å²) in [6.07, 6.45) is 0. The predicted molar refractivity (Wildman–Crippen MR) is 63.0 cm³/mol. The average molecular weight is 277 g/mol. The third-order valence-electron chi connectivity index (χ3n) is 1.28. The van der Waals surface area contributed by atoms with E-state index in [0.717, 1.165) is 0 Å². The van der Waals surface area contributed by atoms with E-state index < -0.39 is 0 Å². The van der Waals surface area contributed by atoms with Crippen molar-refractivity contribution in [2.24, 2.45) is 0 Å². The van der Waals surface area contributed by atoms with Gasteiger partial charge in [-0.3, -0.25) is 0 Å². The third kappa shape index (κ3) is 3.71. The van der Waals surface area contributed by atoms with Crippen LogP contribution in [-0.4, -0.2) is 6.54 Å². The van der Waals surface area contributed by atoms with E-state index in [-0.39, 0.29) is 12.4 Å². The lowest BCUT2D eigenvalue weighted by molar-refractivity contribution is 0.203. The van der Waals surface area contributed by atoms with Gasteiger partial charge in [0.25, 0.3) is 0 Å². The van der Waals surface area contributed by atoms with E-state index in [1.165, 1.54) is 0 Å². The van der Waals surface area contributed by atoms with Gasteiger partial charge in [-0.1, -0.05) is 34.8 Å². The summed E-state index contributed by atoms with van der Waals surface area (Å²) in [5, 5.41) is 1.26. The summed E-state index contributed by atoms with van der Waals surface area (Å²) in [5.74, 6) is 0.398. The lowest BCUT2D eigenvalue weighted by Gasteiger charge is -2.08. The molecular formula is C8H9Cl4NO. The molecule has 0 amide bonds. The molecule has 0 saturated heterocycles. The zero-order valence-corrected chi connectivity index (χ0v) is 10.4. The Morgan fingerprint density at radius 3 is 2.14 bits per heavy atom. The topological polar surface area (TPSA) is 21.3 Å². The van der Waals surface area contributed by atoms with Gasteiger partial charge in [0.05, 0.1) is 10.0 Å². The smallest absolute Gasteiger partial charge is 0.184 e. The molecule has 0 aromatic heterocycles. The van der Waals surface area contributed by atoms with Gasteiger partial charge in [0, 0.05) is 11.6 Å². The molecule has 1 rings (SSSR count). The van der Waals surface area contributed by atoms with Crippen LogP contribution in [0.15, 0.2) is 12.1 Å². The fraction of sp³-hybridized carbons (Fsp3) is 0.250. The molecule has 1 aromatic carbocycles. The van der Waals surface area contributed by atoms with Crippen molar-refractivity contribution in [2.45, 2.75) is 6.92 Å². The fourth-order valence-electron chi connectivity index (χ4n) is 0.771. The largest absolute Gasteiger partial charge is 0.406 e. The summed E-state index contributed by atoms with van der Waals surface area (Å²) in [4.78, 5) is 5.10.